The number of aliphatic hydroxyl groups is 1. The van der Waals surface area contributed by atoms with E-state index in [-0.39, 0.29) is 12.5 Å². The lowest BCUT2D eigenvalue weighted by molar-refractivity contribution is 0.269. The van der Waals surface area contributed by atoms with Gasteiger partial charge in [0.25, 0.3) is 0 Å². The van der Waals surface area contributed by atoms with Gasteiger partial charge >= 0.3 is 0 Å². The summed E-state index contributed by atoms with van der Waals surface area (Å²) >= 11 is 0. The smallest absolute Gasteiger partial charge is 0.125 e. The number of benzene rings is 1. The number of ether oxygens (including phenoxy) is 2. The normalized spacial score (nSPS) is 12.3. The third-order valence-electron chi connectivity index (χ3n) is 2.52. The minimum Gasteiger partial charge on any atom is -0.497 e. The van der Waals surface area contributed by atoms with Gasteiger partial charge in [-0.05, 0) is 24.6 Å². The third kappa shape index (κ3) is 2.42. The highest BCUT2D eigenvalue weighted by atomic mass is 16.5. The summed E-state index contributed by atoms with van der Waals surface area (Å²) in [6, 6.07) is 3.83. The first kappa shape index (κ1) is 11.9. The lowest BCUT2D eigenvalue weighted by atomic mass is 9.98. The predicted molar refractivity (Wildman–Crippen MR) is 59.8 cm³/mol. The Labute approximate surface area is 90.6 Å². The molecule has 15 heavy (non-hydrogen) atoms. The fraction of sp³-hybridized carbons (Fsp3) is 0.500. The molecule has 1 atom stereocenters. The molecule has 0 radical (unpaired) electrons. The summed E-state index contributed by atoms with van der Waals surface area (Å²) in [6.45, 7) is 4.02. The van der Waals surface area contributed by atoms with Crippen LogP contribution in [0, 0.1) is 6.92 Å². The summed E-state index contributed by atoms with van der Waals surface area (Å²) in [5.74, 6) is 1.68. The van der Waals surface area contributed by atoms with E-state index < -0.39 is 0 Å². The summed E-state index contributed by atoms with van der Waals surface area (Å²) in [5, 5.41) is 9.17. The van der Waals surface area contributed by atoms with Crippen LogP contribution in [0.15, 0.2) is 12.1 Å². The zero-order valence-corrected chi connectivity index (χ0v) is 9.70. The first-order chi connectivity index (χ1) is 7.13. The van der Waals surface area contributed by atoms with Crippen LogP contribution in [0.25, 0.3) is 0 Å². The number of hydrogen-bond donors (Lipinski definition) is 1. The molecule has 1 aromatic carbocycles. The van der Waals surface area contributed by atoms with Crippen molar-refractivity contribution < 1.29 is 14.6 Å². The molecule has 0 aliphatic carbocycles. The Morgan fingerprint density at radius 3 is 2.40 bits per heavy atom. The average Bonchev–Trinajstić information content (AvgIpc) is 2.26. The highest BCUT2D eigenvalue weighted by Gasteiger charge is 2.14. The van der Waals surface area contributed by atoms with E-state index in [9.17, 15) is 0 Å². The molecule has 0 aliphatic rings. The fourth-order valence-corrected chi connectivity index (χ4v) is 1.63. The Balaban J connectivity index is 3.25. The minimum absolute atomic E-state index is 0.0498. The molecule has 0 saturated carbocycles. The molecule has 84 valence electrons. The molecule has 0 bridgehead atoms. The van der Waals surface area contributed by atoms with Gasteiger partial charge in [0.15, 0.2) is 0 Å². The Hall–Kier alpha value is -1.22. The van der Waals surface area contributed by atoms with Crippen molar-refractivity contribution in [3.63, 3.8) is 0 Å². The molecule has 0 aliphatic heterocycles. The van der Waals surface area contributed by atoms with Crippen LogP contribution in [0.5, 0.6) is 11.5 Å². The van der Waals surface area contributed by atoms with E-state index >= 15 is 0 Å². The van der Waals surface area contributed by atoms with E-state index in [2.05, 4.69) is 0 Å². The Bertz CT molecular complexity index is 334. The maximum Gasteiger partial charge on any atom is 0.125 e. The molecular weight excluding hydrogens is 192 g/mol. The van der Waals surface area contributed by atoms with E-state index in [4.69, 9.17) is 14.6 Å². The summed E-state index contributed by atoms with van der Waals surface area (Å²) in [6.07, 6.45) is 0. The van der Waals surface area contributed by atoms with Crippen LogP contribution in [0.4, 0.5) is 0 Å². The summed E-state index contributed by atoms with van der Waals surface area (Å²) in [4.78, 5) is 0. The standard InChI is InChI=1S/C12H18O3/c1-8-5-10(14-3)6-11(9(2)7-13)12(8)15-4/h5-6,9,13H,7H2,1-4H3. The molecule has 0 aromatic heterocycles. The number of methoxy groups -OCH3 is 2. The van der Waals surface area contributed by atoms with E-state index in [0.29, 0.717) is 0 Å². The molecule has 3 heteroatoms. The maximum absolute atomic E-state index is 9.17. The van der Waals surface area contributed by atoms with Gasteiger partial charge in [-0.1, -0.05) is 6.92 Å². The molecule has 1 aromatic rings. The molecule has 0 amide bonds. The van der Waals surface area contributed by atoms with Crippen molar-refractivity contribution in [3.05, 3.63) is 23.3 Å². The lowest BCUT2D eigenvalue weighted by Gasteiger charge is -2.17. The largest absolute Gasteiger partial charge is 0.497 e. The average molecular weight is 210 g/mol. The molecule has 1 unspecified atom stereocenters. The molecule has 0 spiro atoms. The van der Waals surface area contributed by atoms with Gasteiger partial charge in [-0.3, -0.25) is 0 Å². The van der Waals surface area contributed by atoms with E-state index in [1.54, 1.807) is 14.2 Å². The zero-order chi connectivity index (χ0) is 11.4. The first-order valence-corrected chi connectivity index (χ1v) is 4.97. The van der Waals surface area contributed by atoms with E-state index in [1.807, 2.05) is 26.0 Å². The van der Waals surface area contributed by atoms with Gasteiger partial charge in [0.05, 0.1) is 14.2 Å². The van der Waals surface area contributed by atoms with Gasteiger partial charge in [0, 0.05) is 18.1 Å². The van der Waals surface area contributed by atoms with Crippen molar-refractivity contribution in [2.75, 3.05) is 20.8 Å². The molecular formula is C12H18O3. The topological polar surface area (TPSA) is 38.7 Å². The van der Waals surface area contributed by atoms with Crippen LogP contribution in [-0.2, 0) is 0 Å². The Kier molecular flexibility index (Phi) is 3.97. The zero-order valence-electron chi connectivity index (χ0n) is 9.70. The van der Waals surface area contributed by atoms with Crippen molar-refractivity contribution in [2.24, 2.45) is 0 Å². The molecule has 0 heterocycles. The first-order valence-electron chi connectivity index (χ1n) is 4.97. The van der Waals surface area contributed by atoms with Crippen molar-refractivity contribution in [3.8, 4) is 11.5 Å². The highest BCUT2D eigenvalue weighted by Crippen LogP contribution is 2.33. The second-order valence-electron chi connectivity index (χ2n) is 3.65. The Morgan fingerprint density at radius 2 is 1.93 bits per heavy atom. The second-order valence-corrected chi connectivity index (χ2v) is 3.65. The molecule has 0 fully saturated rings. The van der Waals surface area contributed by atoms with Crippen molar-refractivity contribution in [1.29, 1.82) is 0 Å². The van der Waals surface area contributed by atoms with E-state index in [0.717, 1.165) is 22.6 Å². The lowest BCUT2D eigenvalue weighted by Crippen LogP contribution is -2.04. The molecule has 3 nitrogen and oxygen atoms in total. The highest BCUT2D eigenvalue weighted by molar-refractivity contribution is 5.48. The van der Waals surface area contributed by atoms with Crippen LogP contribution in [-0.4, -0.2) is 25.9 Å². The fourth-order valence-electron chi connectivity index (χ4n) is 1.63. The van der Waals surface area contributed by atoms with E-state index in [1.165, 1.54) is 0 Å². The van der Waals surface area contributed by atoms with Gasteiger partial charge in [0.1, 0.15) is 11.5 Å². The minimum atomic E-state index is 0.0498. The van der Waals surface area contributed by atoms with Crippen LogP contribution < -0.4 is 9.47 Å². The quantitative estimate of drug-likeness (QED) is 0.827. The number of aryl methyl sites for hydroxylation is 1. The third-order valence-corrected chi connectivity index (χ3v) is 2.52. The van der Waals surface area contributed by atoms with Crippen LogP contribution in [0.2, 0.25) is 0 Å². The molecule has 0 saturated heterocycles. The van der Waals surface area contributed by atoms with Crippen molar-refractivity contribution in [2.45, 2.75) is 19.8 Å². The van der Waals surface area contributed by atoms with Crippen molar-refractivity contribution >= 4 is 0 Å². The molecule has 1 rings (SSSR count). The van der Waals surface area contributed by atoms with Gasteiger partial charge in [-0.25, -0.2) is 0 Å². The van der Waals surface area contributed by atoms with Gasteiger partial charge in [-0.15, -0.1) is 0 Å². The number of aliphatic hydroxyl groups excluding tert-OH is 1. The number of hydrogen-bond acceptors (Lipinski definition) is 3. The van der Waals surface area contributed by atoms with Gasteiger partial charge in [-0.2, -0.15) is 0 Å². The van der Waals surface area contributed by atoms with Crippen LogP contribution >= 0.6 is 0 Å². The van der Waals surface area contributed by atoms with Crippen molar-refractivity contribution in [1.82, 2.24) is 0 Å². The number of rotatable bonds is 4. The second kappa shape index (κ2) is 5.03. The van der Waals surface area contributed by atoms with Crippen LogP contribution in [0.1, 0.15) is 24.0 Å². The summed E-state index contributed by atoms with van der Waals surface area (Å²) in [7, 11) is 3.27. The SMILES string of the molecule is COc1cc(C)c(OC)c(C(C)CO)c1. The monoisotopic (exact) mass is 210 g/mol. The predicted octanol–water partition coefficient (Wildman–Crippen LogP) is 2.11. The Morgan fingerprint density at radius 1 is 1.27 bits per heavy atom. The van der Waals surface area contributed by atoms with Gasteiger partial charge in [0.2, 0.25) is 0 Å². The maximum atomic E-state index is 9.17. The summed E-state index contributed by atoms with van der Waals surface area (Å²) < 4.78 is 10.5. The molecule has 1 N–H and O–H groups in total. The van der Waals surface area contributed by atoms with Gasteiger partial charge < -0.3 is 14.6 Å². The summed E-state index contributed by atoms with van der Waals surface area (Å²) in [5.41, 5.74) is 2.00. The van der Waals surface area contributed by atoms with Crippen LogP contribution in [0.3, 0.4) is 0 Å².